The van der Waals surface area contributed by atoms with Gasteiger partial charge in [0, 0.05) is 12.7 Å². The lowest BCUT2D eigenvalue weighted by atomic mass is 10.0. The molecular weight excluding hydrogens is 264 g/mol. The van der Waals surface area contributed by atoms with Crippen molar-refractivity contribution in [1.82, 2.24) is 0 Å². The summed E-state index contributed by atoms with van der Waals surface area (Å²) in [6.45, 7) is 3.71. The summed E-state index contributed by atoms with van der Waals surface area (Å²) in [6, 6.07) is 0. The van der Waals surface area contributed by atoms with Crippen LogP contribution in [0.15, 0.2) is 48.6 Å². The van der Waals surface area contributed by atoms with Gasteiger partial charge in [0.05, 0.1) is 6.61 Å². The highest BCUT2D eigenvalue weighted by molar-refractivity contribution is 8.13. The number of thioether (sulfide) groups is 1. The molecule has 1 aliphatic carbocycles. The van der Waals surface area contributed by atoms with Gasteiger partial charge in [-0.3, -0.25) is 9.59 Å². The van der Waals surface area contributed by atoms with Crippen molar-refractivity contribution in [2.45, 2.75) is 5.79 Å². The van der Waals surface area contributed by atoms with Gasteiger partial charge in [-0.05, 0) is 24.5 Å². The fourth-order valence-corrected chi connectivity index (χ4v) is 1.87. The van der Waals surface area contributed by atoms with E-state index in [9.17, 15) is 9.59 Å². The molecule has 1 atom stereocenters. The highest BCUT2D eigenvalue weighted by Gasteiger charge is 2.39. The van der Waals surface area contributed by atoms with Gasteiger partial charge in [-0.2, -0.15) is 0 Å². The largest absolute Gasteiger partial charge is 0.343 e. The van der Waals surface area contributed by atoms with Gasteiger partial charge in [0.15, 0.2) is 0 Å². The van der Waals surface area contributed by atoms with Crippen LogP contribution >= 0.6 is 11.8 Å². The van der Waals surface area contributed by atoms with Crippen LogP contribution in [-0.2, 0) is 19.1 Å². The number of allylic oxidation sites excluding steroid dienone is 3. The molecule has 0 bridgehead atoms. The van der Waals surface area contributed by atoms with Gasteiger partial charge in [0.25, 0.3) is 5.79 Å². The second kappa shape index (κ2) is 7.23. The number of hydrogen-bond donors (Lipinski definition) is 0. The maximum Gasteiger partial charge on any atom is 0.254 e. The quantitative estimate of drug-likeness (QED) is 0.550. The lowest BCUT2D eigenvalue weighted by molar-refractivity contribution is -0.187. The first kappa shape index (κ1) is 15.6. The number of methoxy groups -OCH3 is 1. The van der Waals surface area contributed by atoms with Crippen LogP contribution in [0.3, 0.4) is 0 Å². The molecular formula is C14H16O4S. The standard InChI is InChI=1S/C14H16O4S/c1-4-5-6-9-18-14(17-2)10-11(13(16)19-3)7-8-12(14)15/h4-8,10H,1,9H2,2-3H3/b6-5+. The molecule has 4 nitrogen and oxygen atoms in total. The zero-order valence-corrected chi connectivity index (χ0v) is 11.7. The molecule has 5 heteroatoms. The van der Waals surface area contributed by atoms with Gasteiger partial charge in [-0.25, -0.2) is 0 Å². The first-order chi connectivity index (χ1) is 9.09. The van der Waals surface area contributed by atoms with Crippen LogP contribution in [0.2, 0.25) is 0 Å². The lowest BCUT2D eigenvalue weighted by Gasteiger charge is -2.28. The third-order valence-corrected chi connectivity index (χ3v) is 3.10. The lowest BCUT2D eigenvalue weighted by Crippen LogP contribution is -2.43. The minimum Gasteiger partial charge on any atom is -0.343 e. The van der Waals surface area contributed by atoms with Crippen molar-refractivity contribution < 1.29 is 19.1 Å². The van der Waals surface area contributed by atoms with Crippen molar-refractivity contribution in [1.29, 1.82) is 0 Å². The zero-order chi connectivity index (χ0) is 14.3. The molecule has 0 amide bonds. The number of carbonyl (C=O) groups excluding carboxylic acids is 2. The van der Waals surface area contributed by atoms with E-state index < -0.39 is 5.79 Å². The van der Waals surface area contributed by atoms with E-state index in [2.05, 4.69) is 6.58 Å². The fourth-order valence-electron chi connectivity index (χ4n) is 1.51. The first-order valence-corrected chi connectivity index (χ1v) is 6.82. The highest BCUT2D eigenvalue weighted by Crippen LogP contribution is 2.25. The van der Waals surface area contributed by atoms with Crippen LogP contribution in [0.4, 0.5) is 0 Å². The zero-order valence-electron chi connectivity index (χ0n) is 10.9. The molecule has 0 aromatic carbocycles. The summed E-state index contributed by atoms with van der Waals surface area (Å²) in [5, 5.41) is -0.143. The van der Waals surface area contributed by atoms with Crippen molar-refractivity contribution in [3.8, 4) is 0 Å². The monoisotopic (exact) mass is 280 g/mol. The average molecular weight is 280 g/mol. The fraction of sp³-hybridized carbons (Fsp3) is 0.286. The van der Waals surface area contributed by atoms with Crippen LogP contribution in [0, 0.1) is 0 Å². The van der Waals surface area contributed by atoms with Crippen molar-refractivity contribution in [2.75, 3.05) is 20.0 Å². The summed E-state index contributed by atoms with van der Waals surface area (Å²) in [7, 11) is 1.37. The highest BCUT2D eigenvalue weighted by atomic mass is 32.2. The Morgan fingerprint density at radius 3 is 2.84 bits per heavy atom. The third kappa shape index (κ3) is 3.76. The Balaban J connectivity index is 2.95. The van der Waals surface area contributed by atoms with Crippen LogP contribution in [-0.4, -0.2) is 36.7 Å². The second-order valence-electron chi connectivity index (χ2n) is 3.64. The minimum absolute atomic E-state index is 0.143. The topological polar surface area (TPSA) is 52.6 Å². The Labute approximate surface area is 116 Å². The van der Waals surface area contributed by atoms with Gasteiger partial charge >= 0.3 is 0 Å². The molecule has 1 unspecified atom stereocenters. The van der Waals surface area contributed by atoms with Gasteiger partial charge in [-0.1, -0.05) is 36.6 Å². The number of rotatable bonds is 6. The number of carbonyl (C=O) groups is 2. The summed E-state index contributed by atoms with van der Waals surface area (Å²) >= 11 is 1.07. The smallest absolute Gasteiger partial charge is 0.254 e. The molecule has 102 valence electrons. The van der Waals surface area contributed by atoms with E-state index >= 15 is 0 Å². The van der Waals surface area contributed by atoms with Crippen molar-refractivity contribution in [2.24, 2.45) is 0 Å². The molecule has 0 aliphatic heterocycles. The van der Waals surface area contributed by atoms with Crippen LogP contribution in [0.5, 0.6) is 0 Å². The molecule has 0 fully saturated rings. The van der Waals surface area contributed by atoms with E-state index in [0.29, 0.717) is 5.57 Å². The normalized spacial score (nSPS) is 22.6. The Morgan fingerprint density at radius 1 is 1.53 bits per heavy atom. The van der Waals surface area contributed by atoms with Crippen LogP contribution in [0.25, 0.3) is 0 Å². The number of hydrogen-bond acceptors (Lipinski definition) is 5. The minimum atomic E-state index is -1.53. The second-order valence-corrected chi connectivity index (χ2v) is 4.41. The first-order valence-electron chi connectivity index (χ1n) is 5.60. The summed E-state index contributed by atoms with van der Waals surface area (Å²) in [5.41, 5.74) is 0.390. The van der Waals surface area contributed by atoms with E-state index in [1.54, 1.807) is 24.5 Å². The van der Waals surface area contributed by atoms with E-state index in [1.807, 2.05) is 0 Å². The molecule has 0 spiro atoms. The Hall–Kier alpha value is -1.43. The maximum absolute atomic E-state index is 11.9. The van der Waals surface area contributed by atoms with Crippen molar-refractivity contribution >= 4 is 22.7 Å². The summed E-state index contributed by atoms with van der Waals surface area (Å²) in [5.74, 6) is -1.87. The Kier molecular flexibility index (Phi) is 5.95. The van der Waals surface area contributed by atoms with Crippen molar-refractivity contribution in [3.05, 3.63) is 48.6 Å². The molecule has 0 aromatic rings. The van der Waals surface area contributed by atoms with Crippen molar-refractivity contribution in [3.63, 3.8) is 0 Å². The average Bonchev–Trinajstić information content (AvgIpc) is 2.44. The predicted octanol–water partition coefficient (Wildman–Crippen LogP) is 2.04. The van der Waals surface area contributed by atoms with Crippen LogP contribution < -0.4 is 0 Å². The summed E-state index contributed by atoms with van der Waals surface area (Å²) in [6.07, 6.45) is 10.9. The van der Waals surface area contributed by atoms with Gasteiger partial charge < -0.3 is 9.47 Å². The molecule has 0 N–H and O–H groups in total. The number of ketones is 1. The summed E-state index contributed by atoms with van der Waals surface area (Å²) < 4.78 is 10.6. The van der Waals surface area contributed by atoms with E-state index in [0.717, 1.165) is 11.8 Å². The Morgan fingerprint density at radius 2 is 2.26 bits per heavy atom. The van der Waals surface area contributed by atoms with Gasteiger partial charge in [0.1, 0.15) is 0 Å². The predicted molar refractivity (Wildman–Crippen MR) is 75.8 cm³/mol. The molecule has 1 aliphatic rings. The molecule has 1 rings (SSSR count). The van der Waals surface area contributed by atoms with E-state index in [-0.39, 0.29) is 17.5 Å². The van der Waals surface area contributed by atoms with Crippen LogP contribution in [0.1, 0.15) is 0 Å². The van der Waals surface area contributed by atoms with E-state index in [1.165, 1.54) is 25.3 Å². The maximum atomic E-state index is 11.9. The number of ether oxygens (including phenoxy) is 2. The summed E-state index contributed by atoms with van der Waals surface area (Å²) in [4.78, 5) is 23.6. The molecule has 0 saturated carbocycles. The Bertz CT molecular complexity index is 462. The molecule has 0 aromatic heterocycles. The molecule has 19 heavy (non-hydrogen) atoms. The SMILES string of the molecule is C=C/C=C/COC1(OC)C=C(C(=O)SC)C=CC1=O. The molecule has 0 saturated heterocycles. The third-order valence-electron chi connectivity index (χ3n) is 2.49. The van der Waals surface area contributed by atoms with E-state index in [4.69, 9.17) is 9.47 Å². The van der Waals surface area contributed by atoms with Gasteiger partial charge in [-0.15, -0.1) is 0 Å². The molecule has 0 heterocycles. The molecule has 0 radical (unpaired) electrons. The van der Waals surface area contributed by atoms with Gasteiger partial charge in [0.2, 0.25) is 10.9 Å².